The molecule has 3 aliphatic heterocycles. The molecule has 2 amide bonds. The van der Waals surface area contributed by atoms with Crippen LogP contribution in [0.3, 0.4) is 0 Å². The average molecular weight is 639 g/mol. The lowest BCUT2D eigenvalue weighted by atomic mass is 9.68. The number of halogens is 2. The maximum absolute atomic E-state index is 15.3. The Morgan fingerprint density at radius 3 is 2.65 bits per heavy atom. The highest BCUT2D eigenvalue weighted by Crippen LogP contribution is 2.49. The number of anilines is 1. The first-order valence-electron chi connectivity index (χ1n) is 14.7. The van der Waals surface area contributed by atoms with Crippen LogP contribution in [0.2, 0.25) is 5.02 Å². The summed E-state index contributed by atoms with van der Waals surface area (Å²) in [6.45, 7) is 1.76. The summed E-state index contributed by atoms with van der Waals surface area (Å²) >= 11 is 6.15. The second-order valence-electron chi connectivity index (χ2n) is 11.7. The number of hydrogen-bond donors (Lipinski definition) is 5. The smallest absolute Gasteiger partial charge is 0.407 e. The van der Waals surface area contributed by atoms with E-state index in [1.54, 1.807) is 22.5 Å². The second kappa shape index (κ2) is 13.3. The van der Waals surface area contributed by atoms with Crippen LogP contribution in [-0.4, -0.2) is 92.6 Å². The number of piperazine rings is 1. The normalized spacial score (nSPS) is 26.0. The van der Waals surface area contributed by atoms with Crippen molar-refractivity contribution >= 4 is 40.1 Å². The second-order valence-corrected chi connectivity index (χ2v) is 14.3. The van der Waals surface area contributed by atoms with Gasteiger partial charge in [-0.3, -0.25) is 18.8 Å². The summed E-state index contributed by atoms with van der Waals surface area (Å²) < 4.78 is 44.4. The number of fused-ring (bicyclic) bond motifs is 2. The molecule has 2 bridgehead atoms. The average Bonchev–Trinajstić information content (AvgIpc) is 3.09. The molecule has 0 spiro atoms. The highest BCUT2D eigenvalue weighted by atomic mass is 35.5. The van der Waals surface area contributed by atoms with Gasteiger partial charge >= 0.3 is 6.09 Å². The van der Waals surface area contributed by atoms with Crippen molar-refractivity contribution in [1.82, 2.24) is 14.5 Å². The first-order chi connectivity index (χ1) is 20.5. The zero-order valence-electron chi connectivity index (χ0n) is 24.2. The van der Waals surface area contributed by atoms with Crippen LogP contribution in [0.5, 0.6) is 0 Å². The molecule has 0 aromatic heterocycles. The fourth-order valence-corrected chi connectivity index (χ4v) is 8.85. The van der Waals surface area contributed by atoms with Crippen LogP contribution in [0.1, 0.15) is 43.2 Å². The molecule has 13 heteroatoms. The first-order valence-corrected chi connectivity index (χ1v) is 16.7. The van der Waals surface area contributed by atoms with E-state index in [4.69, 9.17) is 16.3 Å². The number of amides is 2. The molecule has 10 nitrogen and oxygen atoms in total. The Kier molecular flexibility index (Phi) is 9.86. The molecular formula is C30H40ClFN4O6S. The fourth-order valence-electron chi connectivity index (χ4n) is 6.86. The quantitative estimate of drug-likeness (QED) is 0.267. The summed E-state index contributed by atoms with van der Waals surface area (Å²) in [5.74, 6) is -0.747. The van der Waals surface area contributed by atoms with Gasteiger partial charge in [-0.05, 0) is 68.4 Å². The molecule has 4 atom stereocenters. The van der Waals surface area contributed by atoms with Crippen molar-refractivity contribution in [2.45, 2.75) is 62.1 Å². The summed E-state index contributed by atoms with van der Waals surface area (Å²) in [6, 6.07) is 10.3. The highest BCUT2D eigenvalue weighted by Gasteiger charge is 2.49. The van der Waals surface area contributed by atoms with E-state index in [0.717, 1.165) is 23.3 Å². The number of nitrogens with one attached hydrogen (secondary N) is 2. The van der Waals surface area contributed by atoms with Crippen LogP contribution in [0.25, 0.3) is 0 Å². The van der Waals surface area contributed by atoms with Gasteiger partial charge in [-0.1, -0.05) is 29.8 Å². The molecule has 5 rings (SSSR count). The lowest BCUT2D eigenvalue weighted by molar-refractivity contribution is -0.124. The summed E-state index contributed by atoms with van der Waals surface area (Å²) in [6.07, 6.45) is 1.81. The molecule has 0 saturated carbocycles. The van der Waals surface area contributed by atoms with E-state index in [1.165, 1.54) is 19.2 Å². The summed E-state index contributed by atoms with van der Waals surface area (Å²) in [7, 11) is -1.54. The lowest BCUT2D eigenvalue weighted by Gasteiger charge is -2.49. The molecule has 2 aromatic rings. The predicted molar refractivity (Wildman–Crippen MR) is 165 cm³/mol. The molecule has 3 aliphatic rings. The molecule has 2 unspecified atom stereocenters. The van der Waals surface area contributed by atoms with Crippen LogP contribution >= 0.6 is 22.4 Å². The van der Waals surface area contributed by atoms with Gasteiger partial charge in [-0.25, -0.2) is 13.5 Å². The van der Waals surface area contributed by atoms with Gasteiger partial charge < -0.3 is 20.5 Å². The number of hydrogen-bond acceptors (Lipinski definition) is 7. The zero-order valence-corrected chi connectivity index (χ0v) is 25.7. The summed E-state index contributed by atoms with van der Waals surface area (Å²) in [5.41, 5.74) is 0.413. The van der Waals surface area contributed by atoms with Crippen molar-refractivity contribution < 1.29 is 32.9 Å². The van der Waals surface area contributed by atoms with Crippen molar-refractivity contribution in [2.24, 2.45) is 0 Å². The molecule has 236 valence electrons. The number of ether oxygens (including phenoxy) is 1. The van der Waals surface area contributed by atoms with Crippen molar-refractivity contribution in [1.29, 1.82) is 0 Å². The number of carbonyl (C=O) groups is 2. The number of benzene rings is 2. The van der Waals surface area contributed by atoms with E-state index in [0.29, 0.717) is 56.3 Å². The molecule has 3 heterocycles. The molecule has 3 saturated heterocycles. The topological polar surface area (TPSA) is 135 Å². The monoisotopic (exact) mass is 638 g/mol. The van der Waals surface area contributed by atoms with Gasteiger partial charge in [0.25, 0.3) is 0 Å². The third kappa shape index (κ3) is 6.80. The maximum atomic E-state index is 15.3. The predicted octanol–water partition coefficient (Wildman–Crippen LogP) is 5.18. The molecule has 43 heavy (non-hydrogen) atoms. The number of nitrogens with zero attached hydrogens (tertiary/aromatic N) is 2. The SMILES string of the molecule is CN(C(=O)O)[C@H](C(=O)Nc1cccc(F)c1CC[C@H]1CNC2CCCS(O)(O)N1C2)C1(c2ccc(Cl)cc2)CCOCC1. The Morgan fingerprint density at radius 2 is 1.95 bits per heavy atom. The minimum Gasteiger partial charge on any atom is -0.465 e. The fraction of sp³-hybridized carbons (Fsp3) is 0.533. The van der Waals surface area contributed by atoms with E-state index in [2.05, 4.69) is 10.6 Å². The Hall–Kier alpha value is -2.45. The van der Waals surface area contributed by atoms with Crippen LogP contribution in [0.4, 0.5) is 14.9 Å². The van der Waals surface area contributed by atoms with Gasteiger partial charge in [-0.15, -0.1) is 10.8 Å². The molecule has 0 aliphatic carbocycles. The summed E-state index contributed by atoms with van der Waals surface area (Å²) in [4.78, 5) is 27.5. The van der Waals surface area contributed by atoms with Crippen LogP contribution in [0.15, 0.2) is 42.5 Å². The van der Waals surface area contributed by atoms with Crippen molar-refractivity contribution in [3.05, 3.63) is 64.4 Å². The van der Waals surface area contributed by atoms with Crippen LogP contribution in [-0.2, 0) is 21.4 Å². The summed E-state index contributed by atoms with van der Waals surface area (Å²) in [5, 5.41) is 16.9. The van der Waals surface area contributed by atoms with Crippen LogP contribution in [0, 0.1) is 5.82 Å². The minimum absolute atomic E-state index is 0.189. The van der Waals surface area contributed by atoms with E-state index in [1.807, 2.05) is 12.1 Å². The van der Waals surface area contributed by atoms with Crippen molar-refractivity contribution in [3.63, 3.8) is 0 Å². The zero-order chi connectivity index (χ0) is 30.8. The van der Waals surface area contributed by atoms with E-state index >= 15 is 4.39 Å². The number of likely N-dealkylation sites (N-methyl/N-ethyl adjacent to an activating group) is 1. The van der Waals surface area contributed by atoms with E-state index < -0.39 is 40.1 Å². The van der Waals surface area contributed by atoms with Crippen LogP contribution < -0.4 is 10.6 Å². The van der Waals surface area contributed by atoms with Gasteiger partial charge in [0.05, 0.1) is 5.75 Å². The van der Waals surface area contributed by atoms with Crippen molar-refractivity contribution in [3.8, 4) is 0 Å². The van der Waals surface area contributed by atoms with Gasteiger partial charge in [0.15, 0.2) is 0 Å². The minimum atomic E-state index is -2.91. The Labute approximate surface area is 258 Å². The van der Waals surface area contributed by atoms with Gasteiger partial charge in [-0.2, -0.15) is 0 Å². The number of carbonyl (C=O) groups excluding carboxylic acids is 1. The highest BCUT2D eigenvalue weighted by molar-refractivity contribution is 8.22. The third-order valence-electron chi connectivity index (χ3n) is 9.17. The largest absolute Gasteiger partial charge is 0.465 e. The third-order valence-corrected chi connectivity index (χ3v) is 11.5. The number of carboxylic acid groups (broad SMARTS) is 1. The van der Waals surface area contributed by atoms with Crippen molar-refractivity contribution in [2.75, 3.05) is 44.4 Å². The van der Waals surface area contributed by atoms with Gasteiger partial charge in [0.1, 0.15) is 11.9 Å². The lowest BCUT2D eigenvalue weighted by Crippen LogP contribution is -2.59. The molecule has 2 aromatic carbocycles. The Morgan fingerprint density at radius 1 is 1.23 bits per heavy atom. The van der Waals surface area contributed by atoms with Gasteiger partial charge in [0, 0.05) is 67.1 Å². The van der Waals surface area contributed by atoms with Gasteiger partial charge in [0.2, 0.25) is 5.91 Å². The Balaban J connectivity index is 1.42. The maximum Gasteiger partial charge on any atom is 0.407 e. The Bertz CT molecular complexity index is 1310. The van der Waals surface area contributed by atoms with E-state index in [-0.39, 0.29) is 29.8 Å². The molecule has 0 radical (unpaired) electrons. The van der Waals surface area contributed by atoms with E-state index in [9.17, 15) is 23.8 Å². The molecular weight excluding hydrogens is 599 g/mol. The first kappa shape index (κ1) is 32.0. The standard InChI is InChI=1S/C30H40ClFN4O6S/c1-35(29(38)39)27(30(13-15-42-16-14-30)20-7-9-21(31)10-8-20)28(37)34-26-6-2-5-25(32)24(26)12-11-23-18-33-22-4-3-17-43(40,41)36(23)19-22/h2,5-10,22-23,27,33,40-41H,3-4,11-19H2,1H3,(H,34,37)(H,38,39)/t22?,23-,27+/m0/s1. The number of rotatable bonds is 8. The molecule has 5 N–H and O–H groups in total. The molecule has 3 fully saturated rings.